The van der Waals surface area contributed by atoms with Gasteiger partial charge in [0, 0.05) is 36.0 Å². The van der Waals surface area contributed by atoms with Crippen LogP contribution in [0, 0.1) is 0 Å². The average molecular weight is 383 g/mol. The number of aromatic nitrogens is 3. The average Bonchev–Trinajstić information content (AvgIpc) is 3.16. The van der Waals surface area contributed by atoms with Gasteiger partial charge in [-0.1, -0.05) is 36.4 Å². The SMILES string of the molecule is O=C(NCc1nn(-c2ccc3ccccc3n2)c2c1CNCC2)c1ccccc1. The summed E-state index contributed by atoms with van der Waals surface area (Å²) in [5.41, 5.74) is 4.79. The molecule has 144 valence electrons. The third kappa shape index (κ3) is 3.39. The maximum atomic E-state index is 12.4. The van der Waals surface area contributed by atoms with Gasteiger partial charge in [-0.05, 0) is 30.3 Å². The second-order valence-electron chi connectivity index (χ2n) is 7.12. The second kappa shape index (κ2) is 7.48. The van der Waals surface area contributed by atoms with E-state index in [-0.39, 0.29) is 5.91 Å². The number of nitrogens with one attached hydrogen (secondary N) is 2. The van der Waals surface area contributed by atoms with E-state index in [0.29, 0.717) is 12.1 Å². The van der Waals surface area contributed by atoms with Crippen molar-refractivity contribution in [3.05, 3.63) is 89.2 Å². The highest BCUT2D eigenvalue weighted by atomic mass is 16.1. The predicted octanol–water partition coefficient (Wildman–Crippen LogP) is 3.00. The first-order valence-corrected chi connectivity index (χ1v) is 9.79. The molecule has 0 spiro atoms. The number of pyridine rings is 1. The molecule has 0 bridgehead atoms. The Hall–Kier alpha value is -3.51. The lowest BCUT2D eigenvalue weighted by atomic mass is 10.1. The first-order valence-electron chi connectivity index (χ1n) is 9.79. The lowest BCUT2D eigenvalue weighted by molar-refractivity contribution is 0.0950. The Bertz CT molecular complexity index is 1180. The minimum absolute atomic E-state index is 0.0958. The predicted molar refractivity (Wildman–Crippen MR) is 112 cm³/mol. The number of carbonyl (C=O) groups is 1. The molecule has 1 aliphatic rings. The van der Waals surface area contributed by atoms with Crippen LogP contribution in [0.15, 0.2) is 66.7 Å². The van der Waals surface area contributed by atoms with Crippen molar-refractivity contribution in [2.75, 3.05) is 6.54 Å². The molecular formula is C23H21N5O. The fourth-order valence-corrected chi connectivity index (χ4v) is 3.78. The van der Waals surface area contributed by atoms with E-state index in [0.717, 1.165) is 53.2 Å². The number of rotatable bonds is 4. The number of nitrogens with zero attached hydrogens (tertiary/aromatic N) is 3. The Morgan fingerprint density at radius 2 is 1.86 bits per heavy atom. The molecule has 0 unspecified atom stereocenters. The summed E-state index contributed by atoms with van der Waals surface area (Å²) in [4.78, 5) is 17.2. The van der Waals surface area contributed by atoms with Crippen molar-refractivity contribution in [1.29, 1.82) is 0 Å². The van der Waals surface area contributed by atoms with Crippen molar-refractivity contribution in [3.8, 4) is 5.82 Å². The molecule has 2 aromatic carbocycles. The van der Waals surface area contributed by atoms with Crippen LogP contribution in [0.25, 0.3) is 16.7 Å². The van der Waals surface area contributed by atoms with E-state index >= 15 is 0 Å². The highest BCUT2D eigenvalue weighted by molar-refractivity contribution is 5.94. The van der Waals surface area contributed by atoms with Crippen LogP contribution in [-0.4, -0.2) is 27.2 Å². The molecule has 5 rings (SSSR count). The fourth-order valence-electron chi connectivity index (χ4n) is 3.78. The lowest BCUT2D eigenvalue weighted by Crippen LogP contribution is -2.27. The molecule has 1 aliphatic heterocycles. The standard InChI is InChI=1S/C23H21N5O/c29-23(17-7-2-1-3-8-17)25-15-20-18-14-24-13-12-21(18)28(27-20)22-11-10-16-6-4-5-9-19(16)26-22/h1-11,24H,12-15H2,(H,25,29). The Kier molecular flexibility index (Phi) is 4.54. The van der Waals surface area contributed by atoms with Gasteiger partial charge < -0.3 is 10.6 Å². The third-order valence-electron chi connectivity index (χ3n) is 5.27. The molecule has 3 heterocycles. The van der Waals surface area contributed by atoms with Gasteiger partial charge >= 0.3 is 0 Å². The van der Waals surface area contributed by atoms with Crippen molar-refractivity contribution in [1.82, 2.24) is 25.4 Å². The first-order chi connectivity index (χ1) is 14.3. The molecule has 29 heavy (non-hydrogen) atoms. The molecule has 1 amide bonds. The minimum atomic E-state index is -0.0958. The van der Waals surface area contributed by atoms with Crippen molar-refractivity contribution in [2.45, 2.75) is 19.5 Å². The Morgan fingerprint density at radius 1 is 1.03 bits per heavy atom. The molecule has 0 aliphatic carbocycles. The van der Waals surface area contributed by atoms with E-state index in [1.54, 1.807) is 0 Å². The zero-order chi connectivity index (χ0) is 19.6. The van der Waals surface area contributed by atoms with E-state index in [1.165, 1.54) is 0 Å². The van der Waals surface area contributed by atoms with Crippen LogP contribution < -0.4 is 10.6 Å². The van der Waals surface area contributed by atoms with Crippen LogP contribution in [-0.2, 0) is 19.5 Å². The highest BCUT2D eigenvalue weighted by Crippen LogP contribution is 2.23. The fraction of sp³-hybridized carbons (Fsp3) is 0.174. The summed E-state index contributed by atoms with van der Waals surface area (Å²) in [6.07, 6.45) is 0.878. The Balaban J connectivity index is 1.47. The van der Waals surface area contributed by atoms with Crippen LogP contribution in [0.3, 0.4) is 0 Å². The summed E-state index contributed by atoms with van der Waals surface area (Å²) in [6, 6.07) is 21.4. The molecule has 0 atom stereocenters. The number of hydrogen-bond acceptors (Lipinski definition) is 4. The maximum Gasteiger partial charge on any atom is 0.251 e. The van der Waals surface area contributed by atoms with E-state index in [4.69, 9.17) is 10.1 Å². The molecule has 6 heteroatoms. The van der Waals surface area contributed by atoms with Gasteiger partial charge in [-0.2, -0.15) is 5.10 Å². The van der Waals surface area contributed by atoms with E-state index in [2.05, 4.69) is 22.8 Å². The number of fused-ring (bicyclic) bond motifs is 2. The van der Waals surface area contributed by atoms with Gasteiger partial charge in [0.05, 0.1) is 23.4 Å². The first kappa shape index (κ1) is 17.6. The van der Waals surface area contributed by atoms with Crippen molar-refractivity contribution in [3.63, 3.8) is 0 Å². The molecule has 0 radical (unpaired) electrons. The van der Waals surface area contributed by atoms with Gasteiger partial charge in [0.2, 0.25) is 0 Å². The van der Waals surface area contributed by atoms with Gasteiger partial charge in [0.15, 0.2) is 5.82 Å². The summed E-state index contributed by atoms with van der Waals surface area (Å²) in [6.45, 7) is 2.04. The number of benzene rings is 2. The van der Waals surface area contributed by atoms with E-state index in [9.17, 15) is 4.79 Å². The summed E-state index contributed by atoms with van der Waals surface area (Å²) >= 11 is 0. The zero-order valence-electron chi connectivity index (χ0n) is 15.9. The van der Waals surface area contributed by atoms with Crippen LogP contribution in [0.2, 0.25) is 0 Å². The van der Waals surface area contributed by atoms with Crippen LogP contribution in [0.5, 0.6) is 0 Å². The largest absolute Gasteiger partial charge is 0.346 e. The van der Waals surface area contributed by atoms with Crippen LogP contribution >= 0.6 is 0 Å². The van der Waals surface area contributed by atoms with Crippen molar-refractivity contribution < 1.29 is 4.79 Å². The highest BCUT2D eigenvalue weighted by Gasteiger charge is 2.22. The Labute approximate surface area is 168 Å². The van der Waals surface area contributed by atoms with Gasteiger partial charge in [0.1, 0.15) is 0 Å². The summed E-state index contributed by atoms with van der Waals surface area (Å²) in [5.74, 6) is 0.712. The van der Waals surface area contributed by atoms with Crippen molar-refractivity contribution >= 4 is 16.8 Å². The molecule has 0 fully saturated rings. The summed E-state index contributed by atoms with van der Waals surface area (Å²) in [7, 11) is 0. The summed E-state index contributed by atoms with van der Waals surface area (Å²) in [5, 5.41) is 12.3. The summed E-state index contributed by atoms with van der Waals surface area (Å²) < 4.78 is 1.94. The molecular weight excluding hydrogens is 362 g/mol. The third-order valence-corrected chi connectivity index (χ3v) is 5.27. The topological polar surface area (TPSA) is 71.8 Å². The molecule has 4 aromatic rings. The van der Waals surface area contributed by atoms with Crippen LogP contribution in [0.1, 0.15) is 27.3 Å². The molecule has 2 N–H and O–H groups in total. The van der Waals surface area contributed by atoms with E-state index < -0.39 is 0 Å². The number of amides is 1. The molecule has 0 saturated carbocycles. The normalized spacial score (nSPS) is 13.2. The maximum absolute atomic E-state index is 12.4. The van der Waals surface area contributed by atoms with Crippen molar-refractivity contribution in [2.24, 2.45) is 0 Å². The van der Waals surface area contributed by atoms with Gasteiger partial charge in [0.25, 0.3) is 5.91 Å². The molecule has 0 saturated heterocycles. The lowest BCUT2D eigenvalue weighted by Gasteiger charge is -2.15. The van der Waals surface area contributed by atoms with Gasteiger partial charge in [-0.25, -0.2) is 9.67 Å². The minimum Gasteiger partial charge on any atom is -0.346 e. The number of hydrogen-bond donors (Lipinski definition) is 2. The van der Waals surface area contributed by atoms with Crippen LogP contribution in [0.4, 0.5) is 0 Å². The zero-order valence-corrected chi connectivity index (χ0v) is 15.9. The smallest absolute Gasteiger partial charge is 0.251 e. The monoisotopic (exact) mass is 383 g/mol. The molecule has 6 nitrogen and oxygen atoms in total. The molecule has 2 aromatic heterocycles. The quantitative estimate of drug-likeness (QED) is 0.568. The second-order valence-corrected chi connectivity index (χ2v) is 7.12. The van der Waals surface area contributed by atoms with Gasteiger partial charge in [-0.15, -0.1) is 0 Å². The Morgan fingerprint density at radius 3 is 2.76 bits per heavy atom. The number of para-hydroxylation sites is 1. The van der Waals surface area contributed by atoms with Gasteiger partial charge in [-0.3, -0.25) is 4.79 Å². The number of carbonyl (C=O) groups excluding carboxylic acids is 1. The van der Waals surface area contributed by atoms with E-state index in [1.807, 2.05) is 59.3 Å².